The van der Waals surface area contributed by atoms with Gasteiger partial charge in [0.2, 0.25) is 0 Å². The number of aliphatic hydroxyl groups is 1. The van der Waals surface area contributed by atoms with Crippen LogP contribution in [0.3, 0.4) is 0 Å². The molecular weight excluding hydrogens is 242 g/mol. The van der Waals surface area contributed by atoms with E-state index in [0.29, 0.717) is 25.0 Å². The lowest BCUT2D eigenvalue weighted by atomic mass is 9.80. The van der Waals surface area contributed by atoms with E-state index in [1.54, 1.807) is 10.9 Å². The van der Waals surface area contributed by atoms with Gasteiger partial charge in [-0.15, -0.1) is 0 Å². The van der Waals surface area contributed by atoms with Crippen molar-refractivity contribution in [2.75, 3.05) is 26.3 Å². The van der Waals surface area contributed by atoms with Crippen LogP contribution in [0.15, 0.2) is 18.5 Å². The van der Waals surface area contributed by atoms with Crippen molar-refractivity contribution in [2.45, 2.75) is 32.5 Å². The number of aromatic nitrogens is 2. The summed E-state index contributed by atoms with van der Waals surface area (Å²) >= 11 is 0. The molecule has 2 fully saturated rings. The van der Waals surface area contributed by atoms with Crippen LogP contribution >= 0.6 is 0 Å². The van der Waals surface area contributed by atoms with Crippen LogP contribution in [-0.2, 0) is 11.3 Å². The molecule has 0 aliphatic carbocycles. The summed E-state index contributed by atoms with van der Waals surface area (Å²) in [6.45, 7) is 8.59. The number of rotatable bonds is 4. The van der Waals surface area contributed by atoms with E-state index in [2.05, 4.69) is 23.8 Å². The fourth-order valence-electron chi connectivity index (χ4n) is 3.56. The molecule has 0 radical (unpaired) electrons. The second kappa shape index (κ2) is 4.89. The van der Waals surface area contributed by atoms with Crippen molar-refractivity contribution in [3.05, 3.63) is 18.5 Å². The van der Waals surface area contributed by atoms with E-state index >= 15 is 0 Å². The SMILES string of the molecule is CC1(C)CN(CC(O)Cn2cccn2)[C@@H]2COC[C@@H]21. The molecule has 5 nitrogen and oxygen atoms in total. The molecule has 106 valence electrons. The second-order valence-corrected chi connectivity index (χ2v) is 6.51. The highest BCUT2D eigenvalue weighted by atomic mass is 16.5. The molecule has 3 heterocycles. The largest absolute Gasteiger partial charge is 0.390 e. The Morgan fingerprint density at radius 2 is 2.26 bits per heavy atom. The van der Waals surface area contributed by atoms with Gasteiger partial charge in [0.1, 0.15) is 0 Å². The first-order valence-corrected chi connectivity index (χ1v) is 7.03. The Kier molecular flexibility index (Phi) is 3.37. The Bertz CT molecular complexity index is 418. The number of β-amino-alcohol motifs (C(OH)–C–C–N with tert-alkyl or cyclic N) is 1. The Morgan fingerprint density at radius 1 is 1.42 bits per heavy atom. The number of fused-ring (bicyclic) bond motifs is 1. The van der Waals surface area contributed by atoms with Crippen molar-refractivity contribution in [2.24, 2.45) is 11.3 Å². The van der Waals surface area contributed by atoms with E-state index in [0.717, 1.165) is 19.8 Å². The summed E-state index contributed by atoms with van der Waals surface area (Å²) in [5.41, 5.74) is 0.284. The maximum atomic E-state index is 10.2. The molecule has 19 heavy (non-hydrogen) atoms. The molecule has 2 saturated heterocycles. The highest BCUT2D eigenvalue weighted by molar-refractivity contribution is 5.01. The zero-order valence-corrected chi connectivity index (χ0v) is 11.7. The van der Waals surface area contributed by atoms with Crippen LogP contribution in [0.2, 0.25) is 0 Å². The highest BCUT2D eigenvalue weighted by Gasteiger charge is 2.49. The molecule has 0 amide bonds. The highest BCUT2D eigenvalue weighted by Crippen LogP contribution is 2.43. The average Bonchev–Trinajstić information content (AvgIpc) is 3.00. The quantitative estimate of drug-likeness (QED) is 0.866. The van der Waals surface area contributed by atoms with Gasteiger partial charge in [-0.25, -0.2) is 0 Å². The van der Waals surface area contributed by atoms with E-state index < -0.39 is 0 Å². The first-order valence-electron chi connectivity index (χ1n) is 7.03. The molecule has 0 bridgehead atoms. The smallest absolute Gasteiger partial charge is 0.0862 e. The van der Waals surface area contributed by atoms with Crippen molar-refractivity contribution in [3.63, 3.8) is 0 Å². The van der Waals surface area contributed by atoms with Gasteiger partial charge < -0.3 is 9.84 Å². The normalized spacial score (nSPS) is 31.5. The number of nitrogens with zero attached hydrogens (tertiary/aromatic N) is 3. The van der Waals surface area contributed by atoms with E-state index in [-0.39, 0.29) is 11.5 Å². The monoisotopic (exact) mass is 265 g/mol. The van der Waals surface area contributed by atoms with Crippen molar-refractivity contribution in [3.8, 4) is 0 Å². The van der Waals surface area contributed by atoms with Gasteiger partial charge in [-0.3, -0.25) is 9.58 Å². The van der Waals surface area contributed by atoms with Crippen LogP contribution in [0, 0.1) is 11.3 Å². The molecule has 2 aliphatic rings. The van der Waals surface area contributed by atoms with E-state index in [1.807, 2.05) is 12.3 Å². The van der Waals surface area contributed by atoms with Crippen LogP contribution in [0.4, 0.5) is 0 Å². The molecular formula is C14H23N3O2. The van der Waals surface area contributed by atoms with Gasteiger partial charge in [0.25, 0.3) is 0 Å². The first-order chi connectivity index (χ1) is 9.06. The third-order valence-corrected chi connectivity index (χ3v) is 4.54. The van der Waals surface area contributed by atoms with Crippen molar-refractivity contribution < 1.29 is 9.84 Å². The van der Waals surface area contributed by atoms with Crippen LogP contribution < -0.4 is 0 Å². The molecule has 5 heteroatoms. The number of hydrogen-bond donors (Lipinski definition) is 1. The van der Waals surface area contributed by atoms with Crippen molar-refractivity contribution in [1.82, 2.24) is 14.7 Å². The number of hydrogen-bond acceptors (Lipinski definition) is 4. The van der Waals surface area contributed by atoms with Crippen LogP contribution in [-0.4, -0.2) is 58.2 Å². The lowest BCUT2D eigenvalue weighted by Gasteiger charge is -2.25. The fourth-order valence-corrected chi connectivity index (χ4v) is 3.56. The summed E-state index contributed by atoms with van der Waals surface area (Å²) in [6, 6.07) is 2.36. The Hall–Kier alpha value is -0.910. The minimum atomic E-state index is -0.380. The van der Waals surface area contributed by atoms with Crippen molar-refractivity contribution in [1.29, 1.82) is 0 Å². The molecule has 0 spiro atoms. The number of ether oxygens (including phenoxy) is 1. The molecule has 1 aromatic rings. The van der Waals surface area contributed by atoms with Gasteiger partial charge in [0.15, 0.2) is 0 Å². The third kappa shape index (κ3) is 2.55. The molecule has 3 atom stereocenters. The predicted octanol–water partition coefficient (Wildman–Crippen LogP) is 0.601. The number of aliphatic hydroxyl groups excluding tert-OH is 1. The summed E-state index contributed by atoms with van der Waals surface area (Å²) in [5.74, 6) is 0.601. The first kappa shape index (κ1) is 13.1. The van der Waals surface area contributed by atoms with Gasteiger partial charge >= 0.3 is 0 Å². The molecule has 0 saturated carbocycles. The molecule has 1 aromatic heterocycles. The van der Waals surface area contributed by atoms with Gasteiger partial charge in [-0.05, 0) is 11.5 Å². The third-order valence-electron chi connectivity index (χ3n) is 4.54. The van der Waals surface area contributed by atoms with Crippen LogP contribution in [0.25, 0.3) is 0 Å². The molecule has 1 unspecified atom stereocenters. The van der Waals surface area contributed by atoms with E-state index in [4.69, 9.17) is 4.74 Å². The molecule has 1 N–H and O–H groups in total. The maximum absolute atomic E-state index is 10.2. The zero-order chi connectivity index (χ0) is 13.5. The van der Waals surface area contributed by atoms with Gasteiger partial charge in [0.05, 0.1) is 25.9 Å². The molecule has 2 aliphatic heterocycles. The minimum Gasteiger partial charge on any atom is -0.390 e. The lowest BCUT2D eigenvalue weighted by Crippen LogP contribution is -2.40. The second-order valence-electron chi connectivity index (χ2n) is 6.51. The summed E-state index contributed by atoms with van der Waals surface area (Å²) in [5, 5.41) is 14.4. The molecule has 3 rings (SSSR count). The summed E-state index contributed by atoms with van der Waals surface area (Å²) in [7, 11) is 0. The predicted molar refractivity (Wildman–Crippen MR) is 71.7 cm³/mol. The Labute approximate surface area is 114 Å². The summed E-state index contributed by atoms with van der Waals surface area (Å²) in [6.07, 6.45) is 3.25. The average molecular weight is 265 g/mol. The number of likely N-dealkylation sites (tertiary alicyclic amines) is 1. The van der Waals surface area contributed by atoms with Gasteiger partial charge in [0, 0.05) is 37.4 Å². The summed E-state index contributed by atoms with van der Waals surface area (Å²) in [4.78, 5) is 2.39. The topological polar surface area (TPSA) is 50.5 Å². The standard InChI is InChI=1S/C14H23N3O2/c1-14(2)10-16(13-9-19-8-12(13)14)6-11(18)7-17-5-3-4-15-17/h3-5,11-13,18H,6-10H2,1-2H3/t11?,12-,13+/m0/s1. The van der Waals surface area contributed by atoms with Gasteiger partial charge in [-0.2, -0.15) is 5.10 Å². The molecule has 0 aromatic carbocycles. The van der Waals surface area contributed by atoms with Crippen molar-refractivity contribution >= 4 is 0 Å². The maximum Gasteiger partial charge on any atom is 0.0862 e. The Balaban J connectivity index is 1.60. The summed E-state index contributed by atoms with van der Waals surface area (Å²) < 4.78 is 7.41. The Morgan fingerprint density at radius 3 is 3.00 bits per heavy atom. The van der Waals surface area contributed by atoms with Crippen LogP contribution in [0.5, 0.6) is 0 Å². The lowest BCUT2D eigenvalue weighted by molar-refractivity contribution is 0.0696. The minimum absolute atomic E-state index is 0.284. The van der Waals surface area contributed by atoms with E-state index in [9.17, 15) is 5.11 Å². The fraction of sp³-hybridized carbons (Fsp3) is 0.786. The van der Waals surface area contributed by atoms with Gasteiger partial charge in [-0.1, -0.05) is 13.8 Å². The zero-order valence-electron chi connectivity index (χ0n) is 11.7. The van der Waals surface area contributed by atoms with E-state index in [1.165, 1.54) is 0 Å². The van der Waals surface area contributed by atoms with Crippen LogP contribution in [0.1, 0.15) is 13.8 Å².